The lowest BCUT2D eigenvalue weighted by Gasteiger charge is -2.14. The summed E-state index contributed by atoms with van der Waals surface area (Å²) in [5.41, 5.74) is -4.75. The maximum absolute atomic E-state index is 13.4. The standard InChI is InChI=1S/C37H26N8O22S4/c46-33-18-6-8-22(39-43-31-32(37(50)51)44-45(35(31)47)15-1-3-16(4-2-15)68(52,53)54)34(71(61,62)63)19(18)10-27(70(58,59)60)30(33)42-41-24-12-25(66-28-13-64-28)23(11-26(24)67-29-14-65-29)40-38-21-7-5-17(69(55,56)57)9-20(21)36(48)49/h1-12,28-29,31,46H,13-14H2,(H,48,49)(H,50,51)(H,52,53,54)(H,55,56,57)(H,58,59,60)(H,61,62,63)/b40-38+,42-41+,43-39+. The molecule has 3 atom stereocenters. The molecule has 1 amide bonds. The SMILES string of the molecule is O=C(O)C1=NN(c2ccc(S(=O)(=O)O)cc2)C(=O)C1/N=N/c1ccc2c(O)c(/N=N/c3cc(OC4CO4)c(/N=N/c4ccc(S(=O)(=O)O)cc4C(=O)O)cc3OC3CO3)c(S(=O)(=O)O)cc2c1S(=O)(=O)O. The number of anilines is 1. The average Bonchev–Trinajstić information content (AvgIpc) is 4.23. The van der Waals surface area contributed by atoms with Gasteiger partial charge >= 0.3 is 11.9 Å². The molecule has 0 spiro atoms. The molecular formula is C37H26N8O22S4. The van der Waals surface area contributed by atoms with Crippen molar-refractivity contribution in [1.82, 2.24) is 0 Å². The number of fused-ring (bicyclic) bond motifs is 1. The predicted octanol–water partition coefficient (Wildman–Crippen LogP) is 4.47. The molecule has 3 aliphatic heterocycles. The van der Waals surface area contributed by atoms with E-state index in [1.165, 1.54) is 0 Å². The molecule has 3 aliphatic rings. The number of rotatable bonds is 17. The Labute approximate surface area is 395 Å². The van der Waals surface area contributed by atoms with Crippen LogP contribution in [0.15, 0.2) is 128 Å². The fraction of sp³-hybridized carbons (Fsp3) is 0.135. The molecule has 3 heterocycles. The van der Waals surface area contributed by atoms with Gasteiger partial charge in [-0.15, -0.1) is 20.5 Å². The monoisotopic (exact) mass is 1060 g/mol. The van der Waals surface area contributed by atoms with E-state index in [1.54, 1.807) is 0 Å². The number of hydrazone groups is 1. The van der Waals surface area contributed by atoms with Gasteiger partial charge in [0.05, 0.1) is 21.0 Å². The minimum absolute atomic E-state index is 0.0553. The van der Waals surface area contributed by atoms with E-state index < -0.39 is 141 Å². The van der Waals surface area contributed by atoms with E-state index in [2.05, 4.69) is 35.8 Å². The van der Waals surface area contributed by atoms with Crippen LogP contribution in [0.2, 0.25) is 0 Å². The molecule has 30 nitrogen and oxygen atoms in total. The van der Waals surface area contributed by atoms with Gasteiger partial charge in [0.2, 0.25) is 18.6 Å². The number of carboxylic acid groups (broad SMARTS) is 2. The molecule has 2 fully saturated rings. The van der Waals surface area contributed by atoms with Gasteiger partial charge in [-0.3, -0.25) is 23.0 Å². The van der Waals surface area contributed by atoms with Crippen LogP contribution in [0.1, 0.15) is 10.4 Å². The first kappa shape index (κ1) is 49.6. The smallest absolute Gasteiger partial charge is 0.355 e. The number of carboxylic acids is 2. The maximum atomic E-state index is 13.4. The second-order valence-corrected chi connectivity index (χ2v) is 20.1. The van der Waals surface area contributed by atoms with Crippen molar-refractivity contribution in [1.29, 1.82) is 0 Å². The van der Waals surface area contributed by atoms with E-state index in [0.29, 0.717) is 17.1 Å². The van der Waals surface area contributed by atoms with Crippen LogP contribution in [-0.4, -0.2) is 123 Å². The normalized spacial score (nSPS) is 18.4. The third-order valence-electron chi connectivity index (χ3n) is 9.67. The van der Waals surface area contributed by atoms with Crippen LogP contribution >= 0.6 is 0 Å². The maximum Gasteiger partial charge on any atom is 0.355 e. The van der Waals surface area contributed by atoms with E-state index in [0.717, 1.165) is 60.7 Å². The fourth-order valence-electron chi connectivity index (χ4n) is 6.32. The van der Waals surface area contributed by atoms with Gasteiger partial charge in [0.1, 0.15) is 51.4 Å². The number of amides is 1. The van der Waals surface area contributed by atoms with Gasteiger partial charge in [-0.2, -0.15) is 54.0 Å². The quantitative estimate of drug-likeness (QED) is 0.0383. The van der Waals surface area contributed by atoms with Crippen LogP contribution in [0.3, 0.4) is 0 Å². The van der Waals surface area contributed by atoms with Gasteiger partial charge in [0.25, 0.3) is 46.4 Å². The Morgan fingerprint density at radius 1 is 0.620 bits per heavy atom. The zero-order valence-corrected chi connectivity index (χ0v) is 37.8. The molecule has 0 saturated carbocycles. The molecule has 0 radical (unpaired) electrons. The molecular weight excluding hydrogens is 1040 g/mol. The molecule has 0 aliphatic carbocycles. The van der Waals surface area contributed by atoms with E-state index in [1.807, 2.05) is 0 Å². The van der Waals surface area contributed by atoms with Crippen molar-refractivity contribution < 1.29 is 101 Å². The van der Waals surface area contributed by atoms with Crippen molar-refractivity contribution in [3.63, 3.8) is 0 Å². The number of carbonyl (C=O) groups is 3. The second-order valence-electron chi connectivity index (χ2n) is 14.5. The molecule has 2 saturated heterocycles. The summed E-state index contributed by atoms with van der Waals surface area (Å²) in [7, 11) is -20.6. The number of nitrogens with zero attached hydrogens (tertiary/aromatic N) is 8. The molecule has 8 rings (SSSR count). The van der Waals surface area contributed by atoms with E-state index >= 15 is 0 Å². The van der Waals surface area contributed by atoms with Crippen LogP contribution < -0.4 is 14.5 Å². The number of aliphatic carboxylic acids is 1. The Kier molecular flexibility index (Phi) is 12.7. The number of benzene rings is 5. The molecule has 71 heavy (non-hydrogen) atoms. The van der Waals surface area contributed by atoms with Crippen LogP contribution in [0.5, 0.6) is 17.2 Å². The fourth-order valence-corrected chi connectivity index (χ4v) is 8.78. The zero-order chi connectivity index (χ0) is 51.5. The van der Waals surface area contributed by atoms with Crippen molar-refractivity contribution in [3.8, 4) is 17.2 Å². The topological polar surface area (TPSA) is 463 Å². The van der Waals surface area contributed by atoms with Crippen molar-refractivity contribution in [2.45, 2.75) is 38.2 Å². The molecule has 7 N–H and O–H groups in total. The van der Waals surface area contributed by atoms with Gasteiger partial charge in [-0.05, 0) is 60.7 Å². The second kappa shape index (κ2) is 18.2. The average molecular weight is 1060 g/mol. The molecule has 0 aromatic heterocycles. The number of aromatic carboxylic acids is 1. The first-order valence-electron chi connectivity index (χ1n) is 19.0. The summed E-state index contributed by atoms with van der Waals surface area (Å²) in [5, 5.41) is 56.6. The summed E-state index contributed by atoms with van der Waals surface area (Å²) in [6.45, 7) is 0.132. The van der Waals surface area contributed by atoms with Crippen LogP contribution in [-0.2, 0) is 59.5 Å². The molecule has 3 unspecified atom stereocenters. The van der Waals surface area contributed by atoms with E-state index in [4.69, 9.17) is 18.9 Å². The Morgan fingerprint density at radius 2 is 1.15 bits per heavy atom. The minimum atomic E-state index is -5.57. The van der Waals surface area contributed by atoms with Crippen molar-refractivity contribution in [2.75, 3.05) is 18.2 Å². The zero-order valence-electron chi connectivity index (χ0n) is 34.5. The number of carbonyl (C=O) groups excluding carboxylic acids is 1. The highest BCUT2D eigenvalue weighted by Gasteiger charge is 2.41. The molecule has 0 bridgehead atoms. The first-order chi connectivity index (χ1) is 33.2. The number of ether oxygens (including phenoxy) is 4. The summed E-state index contributed by atoms with van der Waals surface area (Å²) in [5.74, 6) is -6.37. The predicted molar refractivity (Wildman–Crippen MR) is 231 cm³/mol. The van der Waals surface area contributed by atoms with Crippen molar-refractivity contribution in [2.24, 2.45) is 35.8 Å². The number of azo groups is 3. The lowest BCUT2D eigenvalue weighted by molar-refractivity contribution is -0.130. The molecule has 5 aromatic rings. The highest BCUT2D eigenvalue weighted by molar-refractivity contribution is 7.87. The Bertz CT molecular complexity index is 3730. The highest BCUT2D eigenvalue weighted by Crippen LogP contribution is 2.48. The minimum Gasteiger partial charge on any atom is -0.505 e. The number of epoxide rings is 2. The summed E-state index contributed by atoms with van der Waals surface area (Å²) in [6, 6.07) is 8.33. The number of hydrogen-bond donors (Lipinski definition) is 7. The van der Waals surface area contributed by atoms with Crippen LogP contribution in [0.4, 0.5) is 34.1 Å². The largest absolute Gasteiger partial charge is 0.505 e. The number of aromatic hydroxyl groups is 1. The highest BCUT2D eigenvalue weighted by atomic mass is 32.2. The van der Waals surface area contributed by atoms with Gasteiger partial charge < -0.3 is 34.3 Å². The van der Waals surface area contributed by atoms with Crippen molar-refractivity contribution in [3.05, 3.63) is 78.4 Å². The Balaban J connectivity index is 1.19. The number of phenols is 1. The third kappa shape index (κ3) is 10.7. The first-order valence-corrected chi connectivity index (χ1v) is 24.8. The van der Waals surface area contributed by atoms with Crippen LogP contribution in [0.25, 0.3) is 10.8 Å². The van der Waals surface area contributed by atoms with Crippen molar-refractivity contribution >= 4 is 109 Å². The summed E-state index contributed by atoms with van der Waals surface area (Å²) < 4.78 is 159. The summed E-state index contributed by atoms with van der Waals surface area (Å²) >= 11 is 0. The number of phenolic OH excluding ortho intramolecular Hbond substituents is 1. The number of hydrogen-bond acceptors (Lipinski definition) is 23. The summed E-state index contributed by atoms with van der Waals surface area (Å²) in [6.07, 6.45) is -1.76. The van der Waals surface area contributed by atoms with E-state index in [9.17, 15) is 81.6 Å². The Morgan fingerprint density at radius 3 is 1.66 bits per heavy atom. The summed E-state index contributed by atoms with van der Waals surface area (Å²) in [4.78, 5) is 33.5. The van der Waals surface area contributed by atoms with Gasteiger partial charge in [-0.25, -0.2) is 9.59 Å². The van der Waals surface area contributed by atoms with E-state index in [-0.39, 0.29) is 41.8 Å². The van der Waals surface area contributed by atoms with Gasteiger partial charge in [0, 0.05) is 22.9 Å². The molecule has 34 heteroatoms. The third-order valence-corrected chi connectivity index (χ3v) is 13.2. The lowest BCUT2D eigenvalue weighted by Crippen LogP contribution is -2.33. The van der Waals surface area contributed by atoms with Gasteiger partial charge in [0.15, 0.2) is 23.0 Å². The Hall–Kier alpha value is -7.80. The lowest BCUT2D eigenvalue weighted by atomic mass is 10.1. The molecule has 5 aromatic carbocycles. The molecule has 370 valence electrons. The van der Waals surface area contributed by atoms with Crippen LogP contribution in [0, 0.1) is 0 Å². The van der Waals surface area contributed by atoms with Gasteiger partial charge in [-0.1, -0.05) is 0 Å².